The van der Waals surface area contributed by atoms with Crippen LogP contribution in [0, 0.1) is 13.8 Å². The molecule has 0 amide bonds. The van der Waals surface area contributed by atoms with E-state index >= 15 is 0 Å². The van der Waals surface area contributed by atoms with Crippen LogP contribution in [0.1, 0.15) is 11.1 Å². The van der Waals surface area contributed by atoms with E-state index in [2.05, 4.69) is 0 Å². The summed E-state index contributed by atoms with van der Waals surface area (Å²) in [5, 5.41) is 0.612. The number of ether oxygens (including phenoxy) is 3. The lowest BCUT2D eigenvalue weighted by Gasteiger charge is -2.25. The van der Waals surface area contributed by atoms with E-state index in [0.717, 1.165) is 11.1 Å². The van der Waals surface area contributed by atoms with Gasteiger partial charge >= 0.3 is 5.97 Å². The van der Waals surface area contributed by atoms with Gasteiger partial charge in [0, 0.05) is 5.02 Å². The molecule has 22 heavy (non-hydrogen) atoms. The zero-order valence-corrected chi connectivity index (χ0v) is 13.0. The van der Waals surface area contributed by atoms with E-state index in [4.69, 9.17) is 25.8 Å². The van der Waals surface area contributed by atoms with Crippen LogP contribution in [0.3, 0.4) is 0 Å². The molecule has 1 atom stereocenters. The molecule has 0 aromatic heterocycles. The van der Waals surface area contributed by atoms with Crippen molar-refractivity contribution < 1.29 is 19.0 Å². The number of halogens is 1. The summed E-state index contributed by atoms with van der Waals surface area (Å²) in [5.41, 5.74) is 1.60. The Labute approximate surface area is 133 Å². The molecule has 1 aliphatic rings. The summed E-state index contributed by atoms with van der Waals surface area (Å²) >= 11 is 5.98. The smallest absolute Gasteiger partial charge is 0.356 e. The maximum atomic E-state index is 12.3. The predicted molar refractivity (Wildman–Crippen MR) is 82.9 cm³/mol. The molecule has 0 saturated carbocycles. The number of benzene rings is 2. The molecule has 3 rings (SSSR count). The van der Waals surface area contributed by atoms with Crippen molar-refractivity contribution in [3.8, 4) is 17.2 Å². The topological polar surface area (TPSA) is 44.8 Å². The average Bonchev–Trinajstić information content (AvgIpc) is 2.50. The van der Waals surface area contributed by atoms with Gasteiger partial charge in [0.15, 0.2) is 11.5 Å². The van der Waals surface area contributed by atoms with Gasteiger partial charge in [-0.25, -0.2) is 4.79 Å². The van der Waals surface area contributed by atoms with E-state index in [1.54, 1.807) is 24.3 Å². The molecule has 0 bridgehead atoms. The van der Waals surface area contributed by atoms with Gasteiger partial charge in [0.2, 0.25) is 6.10 Å². The maximum Gasteiger partial charge on any atom is 0.356 e. The number of carbonyl (C=O) groups is 1. The Morgan fingerprint density at radius 2 is 1.82 bits per heavy atom. The van der Waals surface area contributed by atoms with Crippen molar-refractivity contribution in [1.29, 1.82) is 0 Å². The fourth-order valence-electron chi connectivity index (χ4n) is 2.36. The average molecular weight is 319 g/mol. The third kappa shape index (κ3) is 2.88. The van der Waals surface area contributed by atoms with Crippen molar-refractivity contribution >= 4 is 17.6 Å². The lowest BCUT2D eigenvalue weighted by molar-refractivity contribution is -0.144. The molecule has 0 aliphatic carbocycles. The van der Waals surface area contributed by atoms with Gasteiger partial charge < -0.3 is 14.2 Å². The molecule has 0 saturated heterocycles. The van der Waals surface area contributed by atoms with Crippen molar-refractivity contribution in [2.75, 3.05) is 6.61 Å². The lowest BCUT2D eigenvalue weighted by Crippen LogP contribution is -2.39. The number of carbonyl (C=O) groups excluding carboxylic acids is 1. The first-order chi connectivity index (χ1) is 10.5. The molecule has 2 aromatic carbocycles. The summed E-state index contributed by atoms with van der Waals surface area (Å²) in [6.45, 7) is 3.81. The third-order valence-electron chi connectivity index (χ3n) is 3.40. The van der Waals surface area contributed by atoms with Crippen LogP contribution in [-0.2, 0) is 4.79 Å². The summed E-state index contributed by atoms with van der Waals surface area (Å²) in [6.07, 6.45) is -0.788. The summed E-state index contributed by atoms with van der Waals surface area (Å²) in [4.78, 5) is 12.3. The predicted octanol–water partition coefficient (Wildman–Crippen LogP) is 3.70. The van der Waals surface area contributed by atoms with E-state index in [0.29, 0.717) is 22.3 Å². The van der Waals surface area contributed by atoms with Gasteiger partial charge in [-0.1, -0.05) is 23.7 Å². The number of fused-ring (bicyclic) bond motifs is 1. The fraction of sp³-hybridized carbons (Fsp3) is 0.235. The molecular formula is C17H15ClO4. The lowest BCUT2D eigenvalue weighted by atomic mass is 10.1. The van der Waals surface area contributed by atoms with Gasteiger partial charge in [0.05, 0.1) is 0 Å². The van der Waals surface area contributed by atoms with E-state index < -0.39 is 12.1 Å². The fourth-order valence-corrected chi connectivity index (χ4v) is 2.69. The number of hydrogen-bond acceptors (Lipinski definition) is 4. The van der Waals surface area contributed by atoms with Crippen LogP contribution in [0.15, 0.2) is 36.4 Å². The van der Waals surface area contributed by atoms with E-state index in [9.17, 15) is 4.79 Å². The molecule has 1 aliphatic heterocycles. The minimum absolute atomic E-state index is 0.127. The van der Waals surface area contributed by atoms with Crippen molar-refractivity contribution in [2.45, 2.75) is 20.0 Å². The molecule has 0 N–H and O–H groups in total. The van der Waals surface area contributed by atoms with Crippen molar-refractivity contribution in [3.63, 3.8) is 0 Å². The third-order valence-corrected chi connectivity index (χ3v) is 3.62. The Morgan fingerprint density at radius 3 is 2.50 bits per heavy atom. The van der Waals surface area contributed by atoms with Crippen LogP contribution in [0.25, 0.3) is 0 Å². The first-order valence-electron chi connectivity index (χ1n) is 6.91. The van der Waals surface area contributed by atoms with Gasteiger partial charge in [-0.3, -0.25) is 0 Å². The highest BCUT2D eigenvalue weighted by atomic mass is 35.5. The van der Waals surface area contributed by atoms with Crippen molar-refractivity contribution in [3.05, 3.63) is 52.5 Å². The summed E-state index contributed by atoms with van der Waals surface area (Å²) in [6, 6.07) is 10.7. The zero-order valence-electron chi connectivity index (χ0n) is 12.3. The normalized spacial score (nSPS) is 16.2. The number of aryl methyl sites for hydroxylation is 2. The molecule has 0 unspecified atom stereocenters. The molecule has 0 radical (unpaired) electrons. The molecule has 4 nitrogen and oxygen atoms in total. The quantitative estimate of drug-likeness (QED) is 0.625. The van der Waals surface area contributed by atoms with Crippen LogP contribution >= 0.6 is 11.6 Å². The highest BCUT2D eigenvalue weighted by Crippen LogP contribution is 2.32. The van der Waals surface area contributed by atoms with Crippen LogP contribution in [0.5, 0.6) is 17.2 Å². The van der Waals surface area contributed by atoms with E-state index in [1.807, 2.05) is 26.0 Å². The Balaban J connectivity index is 1.77. The summed E-state index contributed by atoms with van der Waals surface area (Å²) < 4.78 is 16.7. The van der Waals surface area contributed by atoms with Gasteiger partial charge in [-0.2, -0.15) is 0 Å². The SMILES string of the molecule is Cc1cc(Cl)cc(C)c1OC(=O)[C@H]1COc2ccccc2O1. The highest BCUT2D eigenvalue weighted by Gasteiger charge is 2.29. The highest BCUT2D eigenvalue weighted by molar-refractivity contribution is 6.30. The summed E-state index contributed by atoms with van der Waals surface area (Å²) in [5.74, 6) is 1.20. The van der Waals surface area contributed by atoms with Gasteiger partial charge in [-0.15, -0.1) is 0 Å². The Kier molecular flexibility index (Phi) is 3.94. The summed E-state index contributed by atoms with van der Waals surface area (Å²) in [7, 11) is 0. The minimum Gasteiger partial charge on any atom is -0.485 e. The molecule has 114 valence electrons. The molecular weight excluding hydrogens is 304 g/mol. The molecule has 5 heteroatoms. The first-order valence-corrected chi connectivity index (χ1v) is 7.29. The molecule has 2 aromatic rings. The molecule has 1 heterocycles. The first kappa shape index (κ1) is 14.7. The molecule has 0 spiro atoms. The number of hydrogen-bond donors (Lipinski definition) is 0. The Bertz CT molecular complexity index is 703. The van der Waals surface area contributed by atoms with Crippen molar-refractivity contribution in [1.82, 2.24) is 0 Å². The maximum absolute atomic E-state index is 12.3. The van der Waals surface area contributed by atoms with Crippen LogP contribution < -0.4 is 14.2 Å². The minimum atomic E-state index is -0.788. The second-order valence-corrected chi connectivity index (χ2v) is 5.59. The van der Waals surface area contributed by atoms with Crippen LogP contribution in [-0.4, -0.2) is 18.7 Å². The monoisotopic (exact) mass is 318 g/mol. The van der Waals surface area contributed by atoms with Crippen LogP contribution in [0.2, 0.25) is 5.02 Å². The van der Waals surface area contributed by atoms with Gasteiger partial charge in [0.1, 0.15) is 12.4 Å². The van der Waals surface area contributed by atoms with Crippen LogP contribution in [0.4, 0.5) is 0 Å². The van der Waals surface area contributed by atoms with Crippen molar-refractivity contribution in [2.24, 2.45) is 0 Å². The standard InChI is InChI=1S/C17H15ClO4/c1-10-7-12(18)8-11(2)16(10)22-17(19)15-9-20-13-5-3-4-6-14(13)21-15/h3-8,15H,9H2,1-2H3/t15-/m1/s1. The number of rotatable bonds is 2. The largest absolute Gasteiger partial charge is 0.485 e. The van der Waals surface area contributed by atoms with E-state index in [-0.39, 0.29) is 6.61 Å². The Hall–Kier alpha value is -2.20. The van der Waals surface area contributed by atoms with Gasteiger partial charge in [-0.05, 0) is 49.2 Å². The van der Waals surface area contributed by atoms with Gasteiger partial charge in [0.25, 0.3) is 0 Å². The second-order valence-electron chi connectivity index (χ2n) is 5.15. The number of para-hydroxylation sites is 2. The van der Waals surface area contributed by atoms with E-state index in [1.165, 1.54) is 0 Å². The zero-order chi connectivity index (χ0) is 15.7. The number of esters is 1. The Morgan fingerprint density at radius 1 is 1.18 bits per heavy atom. The molecule has 0 fully saturated rings. The second kappa shape index (κ2) is 5.89.